The zero-order valence-corrected chi connectivity index (χ0v) is 12.7. The van der Waals surface area contributed by atoms with Crippen molar-refractivity contribution < 1.29 is 4.79 Å². The quantitative estimate of drug-likeness (QED) is 0.813. The fourth-order valence-corrected chi connectivity index (χ4v) is 3.67. The molecule has 108 valence electrons. The van der Waals surface area contributed by atoms with E-state index in [-0.39, 0.29) is 5.91 Å². The number of fused-ring (bicyclic) bond motifs is 1. The Labute approximate surface area is 129 Å². The van der Waals surface area contributed by atoms with Gasteiger partial charge in [0.05, 0.1) is 4.88 Å². The number of rotatable bonds is 3. The van der Waals surface area contributed by atoms with Gasteiger partial charge in [0.2, 0.25) is 0 Å². The fraction of sp³-hybridized carbons (Fsp3) is 0.353. The Hall–Kier alpha value is -1.83. The Morgan fingerprint density at radius 2 is 2.00 bits per heavy atom. The van der Waals surface area contributed by atoms with Crippen molar-refractivity contribution in [3.8, 4) is 12.3 Å². The van der Waals surface area contributed by atoms with Crippen LogP contribution in [0, 0.1) is 12.3 Å². The summed E-state index contributed by atoms with van der Waals surface area (Å²) in [6.07, 6.45) is 6.08. The van der Waals surface area contributed by atoms with Crippen LogP contribution in [0.2, 0.25) is 0 Å². The summed E-state index contributed by atoms with van der Waals surface area (Å²) in [7, 11) is 0. The molecule has 3 rings (SSSR count). The molecule has 0 unspecified atom stereocenters. The van der Waals surface area contributed by atoms with E-state index in [0.29, 0.717) is 0 Å². The van der Waals surface area contributed by atoms with Crippen LogP contribution in [0.3, 0.4) is 0 Å². The summed E-state index contributed by atoms with van der Waals surface area (Å²) in [4.78, 5) is 17.7. The average molecular weight is 298 g/mol. The molecule has 1 aliphatic rings. The van der Waals surface area contributed by atoms with E-state index in [1.54, 1.807) is 11.3 Å². The van der Waals surface area contributed by atoms with Gasteiger partial charge in [-0.05, 0) is 17.5 Å². The van der Waals surface area contributed by atoms with E-state index in [0.717, 1.165) is 49.4 Å². The standard InChI is InChI=1S/C17H18N2OS/c1-2-3-8-18-9-11-19(12-10-18)17(20)16-13-14-6-4-5-7-15(14)21-16/h1,4-7,13H,3,8-12H2. The first kappa shape index (κ1) is 14.1. The number of benzene rings is 1. The average Bonchev–Trinajstić information content (AvgIpc) is 2.96. The highest BCUT2D eigenvalue weighted by Crippen LogP contribution is 2.26. The predicted octanol–water partition coefficient (Wildman–Crippen LogP) is 2.68. The number of piperazine rings is 1. The molecule has 4 heteroatoms. The molecule has 0 radical (unpaired) electrons. The summed E-state index contributed by atoms with van der Waals surface area (Å²) in [5.74, 6) is 2.83. The Balaban J connectivity index is 1.65. The molecule has 1 amide bonds. The lowest BCUT2D eigenvalue weighted by Gasteiger charge is -2.34. The third-order valence-electron chi connectivity index (χ3n) is 3.87. The van der Waals surface area contributed by atoms with Crippen LogP contribution >= 0.6 is 11.3 Å². The van der Waals surface area contributed by atoms with Gasteiger partial charge in [0.15, 0.2) is 0 Å². The van der Waals surface area contributed by atoms with Gasteiger partial charge in [-0.1, -0.05) is 18.2 Å². The van der Waals surface area contributed by atoms with Crippen molar-refractivity contribution in [3.05, 3.63) is 35.2 Å². The van der Waals surface area contributed by atoms with Gasteiger partial charge in [-0.2, -0.15) is 0 Å². The molecule has 1 fully saturated rings. The number of hydrogen-bond donors (Lipinski definition) is 0. The first-order chi connectivity index (χ1) is 10.3. The largest absolute Gasteiger partial charge is 0.335 e. The highest BCUT2D eigenvalue weighted by Gasteiger charge is 2.22. The number of terminal acetylenes is 1. The van der Waals surface area contributed by atoms with Gasteiger partial charge in [0.1, 0.15) is 0 Å². The first-order valence-electron chi connectivity index (χ1n) is 7.21. The lowest BCUT2D eigenvalue weighted by Crippen LogP contribution is -2.48. The van der Waals surface area contributed by atoms with Gasteiger partial charge in [0, 0.05) is 43.8 Å². The van der Waals surface area contributed by atoms with Gasteiger partial charge < -0.3 is 4.90 Å². The number of carbonyl (C=O) groups excluding carboxylic acids is 1. The van der Waals surface area contributed by atoms with Gasteiger partial charge in [-0.15, -0.1) is 23.7 Å². The molecule has 1 aromatic heterocycles. The number of thiophene rings is 1. The molecule has 0 saturated carbocycles. The number of amides is 1. The molecule has 0 spiro atoms. The van der Waals surface area contributed by atoms with E-state index < -0.39 is 0 Å². The lowest BCUT2D eigenvalue weighted by atomic mass is 10.2. The molecule has 21 heavy (non-hydrogen) atoms. The van der Waals surface area contributed by atoms with Gasteiger partial charge >= 0.3 is 0 Å². The summed E-state index contributed by atoms with van der Waals surface area (Å²) >= 11 is 1.58. The monoisotopic (exact) mass is 298 g/mol. The molecule has 2 aromatic rings. The van der Waals surface area contributed by atoms with Crippen LogP contribution in [0.15, 0.2) is 30.3 Å². The summed E-state index contributed by atoms with van der Waals surface area (Å²) in [6.45, 7) is 4.34. The molecule has 3 nitrogen and oxygen atoms in total. The van der Waals surface area contributed by atoms with Gasteiger partial charge in [0.25, 0.3) is 5.91 Å². The molecule has 1 aromatic carbocycles. The van der Waals surface area contributed by atoms with Crippen LogP contribution in [-0.2, 0) is 0 Å². The predicted molar refractivity (Wildman–Crippen MR) is 87.6 cm³/mol. The molecular weight excluding hydrogens is 280 g/mol. The minimum atomic E-state index is 0.160. The molecule has 1 aliphatic heterocycles. The highest BCUT2D eigenvalue weighted by molar-refractivity contribution is 7.20. The Kier molecular flexibility index (Phi) is 4.23. The van der Waals surface area contributed by atoms with Gasteiger partial charge in [-0.3, -0.25) is 9.69 Å². The Bertz CT molecular complexity index is 644. The van der Waals surface area contributed by atoms with Crippen LogP contribution in [0.1, 0.15) is 16.1 Å². The van der Waals surface area contributed by atoms with E-state index >= 15 is 0 Å². The van der Waals surface area contributed by atoms with Crippen molar-refractivity contribution in [2.75, 3.05) is 32.7 Å². The third kappa shape index (κ3) is 3.10. The van der Waals surface area contributed by atoms with Crippen LogP contribution in [0.4, 0.5) is 0 Å². The maximum atomic E-state index is 12.6. The molecule has 0 N–H and O–H groups in total. The minimum absolute atomic E-state index is 0.160. The van der Waals surface area contributed by atoms with Crippen molar-refractivity contribution in [1.82, 2.24) is 9.80 Å². The van der Waals surface area contributed by atoms with Crippen molar-refractivity contribution in [3.63, 3.8) is 0 Å². The molecule has 2 heterocycles. The summed E-state index contributed by atoms with van der Waals surface area (Å²) in [5, 5.41) is 1.15. The van der Waals surface area contributed by atoms with E-state index in [9.17, 15) is 4.79 Å². The van der Waals surface area contributed by atoms with Crippen LogP contribution < -0.4 is 0 Å². The van der Waals surface area contributed by atoms with Crippen LogP contribution in [-0.4, -0.2) is 48.4 Å². The van der Waals surface area contributed by atoms with Crippen molar-refractivity contribution in [2.24, 2.45) is 0 Å². The summed E-state index contributed by atoms with van der Waals surface area (Å²) < 4.78 is 1.17. The normalized spacial score (nSPS) is 16.0. The van der Waals surface area contributed by atoms with Crippen LogP contribution in [0.5, 0.6) is 0 Å². The number of nitrogens with zero attached hydrogens (tertiary/aromatic N) is 2. The maximum absolute atomic E-state index is 12.6. The van der Waals surface area contributed by atoms with E-state index in [4.69, 9.17) is 6.42 Å². The van der Waals surface area contributed by atoms with Crippen molar-refractivity contribution in [2.45, 2.75) is 6.42 Å². The zero-order chi connectivity index (χ0) is 14.7. The number of carbonyl (C=O) groups is 1. The smallest absolute Gasteiger partial charge is 0.264 e. The molecule has 0 aliphatic carbocycles. The maximum Gasteiger partial charge on any atom is 0.264 e. The minimum Gasteiger partial charge on any atom is -0.335 e. The second kappa shape index (κ2) is 6.30. The van der Waals surface area contributed by atoms with Crippen molar-refractivity contribution >= 4 is 27.3 Å². The fourth-order valence-electron chi connectivity index (χ4n) is 2.64. The topological polar surface area (TPSA) is 23.6 Å². The van der Waals surface area contributed by atoms with E-state index in [1.807, 2.05) is 23.1 Å². The Morgan fingerprint density at radius 3 is 2.71 bits per heavy atom. The van der Waals surface area contributed by atoms with Crippen molar-refractivity contribution in [1.29, 1.82) is 0 Å². The lowest BCUT2D eigenvalue weighted by molar-refractivity contribution is 0.0645. The molecule has 0 bridgehead atoms. The summed E-state index contributed by atoms with van der Waals surface area (Å²) in [5.41, 5.74) is 0. The highest BCUT2D eigenvalue weighted by atomic mass is 32.1. The zero-order valence-electron chi connectivity index (χ0n) is 11.9. The molecule has 1 saturated heterocycles. The Morgan fingerprint density at radius 1 is 1.24 bits per heavy atom. The van der Waals surface area contributed by atoms with E-state index in [1.165, 1.54) is 4.70 Å². The molecule has 0 atom stereocenters. The van der Waals surface area contributed by atoms with E-state index in [2.05, 4.69) is 23.0 Å². The van der Waals surface area contributed by atoms with Crippen LogP contribution in [0.25, 0.3) is 10.1 Å². The third-order valence-corrected chi connectivity index (χ3v) is 4.97. The SMILES string of the molecule is C#CCCN1CCN(C(=O)c2cc3ccccc3s2)CC1. The second-order valence-corrected chi connectivity index (χ2v) is 6.32. The number of hydrogen-bond acceptors (Lipinski definition) is 3. The summed E-state index contributed by atoms with van der Waals surface area (Å²) in [6, 6.07) is 10.1. The van der Waals surface area contributed by atoms with Gasteiger partial charge in [-0.25, -0.2) is 0 Å². The molecular formula is C17H18N2OS. The first-order valence-corrected chi connectivity index (χ1v) is 8.03. The second-order valence-electron chi connectivity index (χ2n) is 5.24.